The van der Waals surface area contributed by atoms with Gasteiger partial charge in [-0.25, -0.2) is 10.1 Å². The van der Waals surface area contributed by atoms with Gasteiger partial charge in [0.2, 0.25) is 11.6 Å². The van der Waals surface area contributed by atoms with E-state index < -0.39 is 10.8 Å². The summed E-state index contributed by atoms with van der Waals surface area (Å²) in [5.41, 5.74) is 8.89. The van der Waals surface area contributed by atoms with Gasteiger partial charge in [0.25, 0.3) is 11.6 Å². The highest BCUT2D eigenvalue weighted by Crippen LogP contribution is 2.30. The minimum atomic E-state index is -0.724. The highest BCUT2D eigenvalue weighted by atomic mass is 16.6. The predicted molar refractivity (Wildman–Crippen MR) is 120 cm³/mol. The molecule has 15 heteroatoms. The lowest BCUT2D eigenvalue weighted by Gasteiger charge is -2.09. The number of hydrogen-bond donors (Lipinski definition) is 2. The van der Waals surface area contributed by atoms with Gasteiger partial charge in [-0.15, -0.1) is 5.10 Å². The van der Waals surface area contributed by atoms with Crippen molar-refractivity contribution in [3.8, 4) is 28.6 Å². The molecule has 0 radical (unpaired) electrons. The fourth-order valence-electron chi connectivity index (χ4n) is 3.15. The maximum absolute atomic E-state index is 13.0. The molecule has 0 aliphatic rings. The van der Waals surface area contributed by atoms with Gasteiger partial charge < -0.3 is 15.2 Å². The molecule has 178 valence electrons. The first-order valence-corrected chi connectivity index (χ1v) is 9.78. The quantitative estimate of drug-likeness (QED) is 0.211. The summed E-state index contributed by atoms with van der Waals surface area (Å²) in [4.78, 5) is 23.4. The molecule has 0 fully saturated rings. The van der Waals surface area contributed by atoms with Crippen molar-refractivity contribution < 1.29 is 23.8 Å². The van der Waals surface area contributed by atoms with E-state index in [9.17, 15) is 14.9 Å². The van der Waals surface area contributed by atoms with Gasteiger partial charge in [0.15, 0.2) is 17.2 Å². The molecule has 2 aromatic carbocycles. The molecule has 0 unspecified atom stereocenters. The Balaban J connectivity index is 1.69. The van der Waals surface area contributed by atoms with Crippen molar-refractivity contribution in [2.45, 2.75) is 0 Å². The standard InChI is InChI=1S/C20H17N9O6/c1-33-14-5-3-4-12(17(14)34-2)10-22-24-20(30)15-16(11-6-8-13(9-7-11)29(31)32)28(27-23-15)19-18(21)25-35-26-19/h3-10H,1-2H3,(H2,21,25)(H,24,30). The molecule has 4 rings (SSSR count). The Morgan fingerprint density at radius 1 is 1.20 bits per heavy atom. The van der Waals surface area contributed by atoms with Crippen LogP contribution in [0.25, 0.3) is 17.1 Å². The lowest BCUT2D eigenvalue weighted by molar-refractivity contribution is -0.384. The van der Waals surface area contributed by atoms with Gasteiger partial charge in [-0.2, -0.15) is 9.78 Å². The van der Waals surface area contributed by atoms with Crippen LogP contribution in [0.3, 0.4) is 0 Å². The Morgan fingerprint density at radius 2 is 1.97 bits per heavy atom. The van der Waals surface area contributed by atoms with Crippen molar-refractivity contribution in [3.63, 3.8) is 0 Å². The highest BCUT2D eigenvalue weighted by molar-refractivity contribution is 5.99. The van der Waals surface area contributed by atoms with Crippen molar-refractivity contribution in [2.24, 2.45) is 5.10 Å². The number of carbonyl (C=O) groups is 1. The van der Waals surface area contributed by atoms with Gasteiger partial charge >= 0.3 is 0 Å². The number of non-ortho nitro benzene ring substituents is 1. The smallest absolute Gasteiger partial charge is 0.294 e. The van der Waals surface area contributed by atoms with Gasteiger partial charge in [-0.3, -0.25) is 14.9 Å². The summed E-state index contributed by atoms with van der Waals surface area (Å²) < 4.78 is 16.3. The van der Waals surface area contributed by atoms with Crippen molar-refractivity contribution in [1.29, 1.82) is 0 Å². The molecule has 0 aliphatic heterocycles. The number of amides is 1. The number of nitrogen functional groups attached to an aromatic ring is 1. The third-order valence-corrected chi connectivity index (χ3v) is 4.74. The van der Waals surface area contributed by atoms with Crippen LogP contribution in [0.2, 0.25) is 0 Å². The number of hydrogen-bond acceptors (Lipinski definition) is 12. The van der Waals surface area contributed by atoms with E-state index in [1.807, 2.05) is 0 Å². The first kappa shape index (κ1) is 22.8. The van der Waals surface area contributed by atoms with Crippen LogP contribution < -0.4 is 20.6 Å². The van der Waals surface area contributed by atoms with Gasteiger partial charge in [0, 0.05) is 23.3 Å². The van der Waals surface area contributed by atoms with Gasteiger partial charge in [-0.1, -0.05) is 11.3 Å². The minimum Gasteiger partial charge on any atom is -0.493 e. The summed E-state index contributed by atoms with van der Waals surface area (Å²) in [6, 6.07) is 10.6. The van der Waals surface area contributed by atoms with E-state index in [0.717, 1.165) is 4.68 Å². The molecule has 0 spiro atoms. The lowest BCUT2D eigenvalue weighted by Crippen LogP contribution is -2.19. The van der Waals surface area contributed by atoms with Gasteiger partial charge in [-0.05, 0) is 34.6 Å². The fraction of sp³-hybridized carbons (Fsp3) is 0.100. The molecule has 0 aliphatic carbocycles. The number of nitro benzene ring substituents is 1. The van der Waals surface area contributed by atoms with Crippen LogP contribution >= 0.6 is 0 Å². The summed E-state index contributed by atoms with van der Waals surface area (Å²) in [5, 5.41) is 30.0. The number of nitro groups is 1. The molecule has 15 nitrogen and oxygen atoms in total. The topological polar surface area (TPSA) is 199 Å². The average molecular weight is 479 g/mol. The third-order valence-electron chi connectivity index (χ3n) is 4.74. The molecular formula is C20H17N9O6. The molecule has 0 saturated heterocycles. The molecule has 3 N–H and O–H groups in total. The monoisotopic (exact) mass is 479 g/mol. The Bertz CT molecular complexity index is 1410. The summed E-state index contributed by atoms with van der Waals surface area (Å²) in [6.45, 7) is 0. The van der Waals surface area contributed by atoms with Crippen LogP contribution in [0, 0.1) is 10.1 Å². The zero-order valence-corrected chi connectivity index (χ0v) is 18.3. The molecule has 0 saturated carbocycles. The van der Waals surface area contributed by atoms with E-state index in [2.05, 4.69) is 35.8 Å². The van der Waals surface area contributed by atoms with Crippen LogP contribution in [0.4, 0.5) is 11.5 Å². The summed E-state index contributed by atoms with van der Waals surface area (Å²) in [7, 11) is 2.98. The van der Waals surface area contributed by atoms with Crippen molar-refractivity contribution >= 4 is 23.6 Å². The number of rotatable bonds is 8. The van der Waals surface area contributed by atoms with E-state index in [-0.39, 0.29) is 28.7 Å². The van der Waals surface area contributed by atoms with Crippen molar-refractivity contribution in [2.75, 3.05) is 20.0 Å². The molecular weight excluding hydrogens is 462 g/mol. The number of aromatic nitrogens is 5. The van der Waals surface area contributed by atoms with Crippen LogP contribution in [0.1, 0.15) is 16.1 Å². The second-order valence-electron chi connectivity index (χ2n) is 6.76. The lowest BCUT2D eigenvalue weighted by atomic mass is 10.1. The Kier molecular flexibility index (Phi) is 6.30. The fourth-order valence-corrected chi connectivity index (χ4v) is 3.15. The number of carbonyl (C=O) groups excluding carboxylic acids is 1. The zero-order valence-electron chi connectivity index (χ0n) is 18.3. The second-order valence-corrected chi connectivity index (χ2v) is 6.76. The zero-order chi connectivity index (χ0) is 24.9. The van der Waals surface area contributed by atoms with E-state index in [1.54, 1.807) is 18.2 Å². The molecule has 0 atom stereocenters. The number of nitrogens with zero attached hydrogens (tertiary/aromatic N) is 7. The van der Waals surface area contributed by atoms with Gasteiger partial charge in [0.05, 0.1) is 25.4 Å². The number of ether oxygens (including phenoxy) is 2. The maximum Gasteiger partial charge on any atom is 0.294 e. The first-order valence-electron chi connectivity index (χ1n) is 9.78. The number of benzene rings is 2. The Hall–Kier alpha value is -5.34. The van der Waals surface area contributed by atoms with Crippen LogP contribution in [0.15, 0.2) is 52.2 Å². The number of nitrogens with two attached hydrogens (primary N) is 1. The molecule has 2 heterocycles. The Morgan fingerprint density at radius 3 is 2.60 bits per heavy atom. The number of hydrazone groups is 1. The first-order chi connectivity index (χ1) is 16.9. The van der Waals surface area contributed by atoms with Crippen molar-refractivity contribution in [1.82, 2.24) is 30.7 Å². The molecule has 35 heavy (non-hydrogen) atoms. The SMILES string of the molecule is COc1cccc(C=NNC(=O)c2nnn(-c3nonc3N)c2-c2ccc([N+](=O)[O-])cc2)c1OC. The van der Waals surface area contributed by atoms with E-state index in [4.69, 9.17) is 15.2 Å². The van der Waals surface area contributed by atoms with Crippen LogP contribution in [0.5, 0.6) is 11.5 Å². The number of methoxy groups -OCH3 is 2. The molecule has 0 bridgehead atoms. The van der Waals surface area contributed by atoms with Crippen LogP contribution in [-0.2, 0) is 0 Å². The van der Waals surface area contributed by atoms with Crippen LogP contribution in [-0.4, -0.2) is 56.6 Å². The van der Waals surface area contributed by atoms with Crippen molar-refractivity contribution in [3.05, 3.63) is 63.8 Å². The van der Waals surface area contributed by atoms with E-state index in [1.165, 1.54) is 44.7 Å². The average Bonchev–Trinajstić information content (AvgIpc) is 3.49. The number of nitrogens with one attached hydrogen (secondary N) is 1. The van der Waals surface area contributed by atoms with E-state index >= 15 is 0 Å². The molecule has 1 amide bonds. The second kappa shape index (κ2) is 9.65. The largest absolute Gasteiger partial charge is 0.493 e. The summed E-state index contributed by atoms with van der Waals surface area (Å²) >= 11 is 0. The van der Waals surface area contributed by atoms with E-state index in [0.29, 0.717) is 22.6 Å². The Labute approximate surface area is 196 Å². The highest BCUT2D eigenvalue weighted by Gasteiger charge is 2.25. The third kappa shape index (κ3) is 4.45. The number of anilines is 1. The molecule has 4 aromatic rings. The summed E-state index contributed by atoms with van der Waals surface area (Å²) in [5.74, 6) is 0.0740. The maximum atomic E-state index is 13.0. The minimum absolute atomic E-state index is 0.0190. The van der Waals surface area contributed by atoms with Gasteiger partial charge in [0.1, 0.15) is 5.69 Å². The molecule has 2 aromatic heterocycles. The predicted octanol–water partition coefficient (Wildman–Crippen LogP) is 1.59. The number of para-hydroxylation sites is 1. The summed E-state index contributed by atoms with van der Waals surface area (Å²) in [6.07, 6.45) is 1.37. The normalized spacial score (nSPS) is 10.9.